The number of hydrogen-bond donors (Lipinski definition) is 1. The first kappa shape index (κ1) is 17.7. The zero-order valence-electron chi connectivity index (χ0n) is 15.0. The van der Waals surface area contributed by atoms with Gasteiger partial charge in [0.2, 0.25) is 11.8 Å². The van der Waals surface area contributed by atoms with Crippen molar-refractivity contribution in [3.05, 3.63) is 36.2 Å². The van der Waals surface area contributed by atoms with Gasteiger partial charge in [-0.1, -0.05) is 19.0 Å². The van der Waals surface area contributed by atoms with Crippen LogP contribution in [0.1, 0.15) is 63.3 Å². The summed E-state index contributed by atoms with van der Waals surface area (Å²) in [7, 11) is 0. The second-order valence-electron chi connectivity index (χ2n) is 6.89. The van der Waals surface area contributed by atoms with E-state index in [-0.39, 0.29) is 29.8 Å². The number of amides is 1. The number of carbonyl (C=O) groups excluding carboxylic acids is 1. The Labute approximate surface area is 147 Å². The maximum absolute atomic E-state index is 12.8. The SMILES string of the molecule is CC(C)c1noc([C@@H](NC(=O)[C@@H](C)n2cccc2)C2CCOCC2)n1. The first-order valence-electron chi connectivity index (χ1n) is 8.90. The summed E-state index contributed by atoms with van der Waals surface area (Å²) in [5, 5.41) is 7.19. The zero-order valence-corrected chi connectivity index (χ0v) is 15.0. The van der Waals surface area contributed by atoms with Gasteiger partial charge in [0.05, 0.1) is 0 Å². The van der Waals surface area contributed by atoms with Gasteiger partial charge >= 0.3 is 0 Å². The van der Waals surface area contributed by atoms with E-state index in [2.05, 4.69) is 15.5 Å². The standard InChI is InChI=1S/C18H26N4O3/c1-12(2)16-20-18(25-21-16)15(14-6-10-24-11-7-14)19-17(23)13(3)22-8-4-5-9-22/h4-5,8-9,12-15H,6-7,10-11H2,1-3H3,(H,19,23)/t13-,15+/m1/s1. The second kappa shape index (κ2) is 7.82. The van der Waals surface area contributed by atoms with Gasteiger partial charge in [0, 0.05) is 31.5 Å². The van der Waals surface area contributed by atoms with Crippen LogP contribution >= 0.6 is 0 Å². The third kappa shape index (κ3) is 4.10. The Morgan fingerprint density at radius 3 is 2.52 bits per heavy atom. The van der Waals surface area contributed by atoms with Crippen LogP contribution in [0.4, 0.5) is 0 Å². The molecule has 0 bridgehead atoms. The van der Waals surface area contributed by atoms with Crippen molar-refractivity contribution in [3.8, 4) is 0 Å². The molecule has 0 aliphatic carbocycles. The molecule has 0 saturated carbocycles. The van der Waals surface area contributed by atoms with Crippen molar-refractivity contribution < 1.29 is 14.1 Å². The van der Waals surface area contributed by atoms with Gasteiger partial charge in [0.25, 0.3) is 0 Å². The monoisotopic (exact) mass is 346 g/mol. The zero-order chi connectivity index (χ0) is 17.8. The Morgan fingerprint density at radius 2 is 1.92 bits per heavy atom. The van der Waals surface area contributed by atoms with Crippen molar-refractivity contribution in [1.82, 2.24) is 20.0 Å². The van der Waals surface area contributed by atoms with Crippen LogP contribution in [0, 0.1) is 5.92 Å². The lowest BCUT2D eigenvalue weighted by Crippen LogP contribution is -2.39. The smallest absolute Gasteiger partial charge is 0.249 e. The largest absolute Gasteiger partial charge is 0.381 e. The molecular formula is C18H26N4O3. The van der Waals surface area contributed by atoms with Crippen LogP contribution in [0.2, 0.25) is 0 Å². The average Bonchev–Trinajstić information content (AvgIpc) is 3.31. The van der Waals surface area contributed by atoms with Crippen LogP contribution in [0.25, 0.3) is 0 Å². The number of carbonyl (C=O) groups is 1. The summed E-state index contributed by atoms with van der Waals surface area (Å²) in [5.74, 6) is 1.51. The van der Waals surface area contributed by atoms with Crippen LogP contribution in [0.15, 0.2) is 29.0 Å². The quantitative estimate of drug-likeness (QED) is 0.870. The Morgan fingerprint density at radius 1 is 1.24 bits per heavy atom. The fourth-order valence-electron chi connectivity index (χ4n) is 3.05. The Hall–Kier alpha value is -2.15. The summed E-state index contributed by atoms with van der Waals surface area (Å²) < 4.78 is 12.8. The van der Waals surface area contributed by atoms with Gasteiger partial charge in [0.1, 0.15) is 12.1 Å². The molecule has 25 heavy (non-hydrogen) atoms. The molecule has 3 heterocycles. The molecule has 3 rings (SSSR count). The number of aromatic nitrogens is 3. The molecule has 1 aliphatic rings. The van der Waals surface area contributed by atoms with Crippen LogP contribution in [-0.4, -0.2) is 33.8 Å². The van der Waals surface area contributed by atoms with E-state index in [9.17, 15) is 4.79 Å². The first-order chi connectivity index (χ1) is 12.1. The Balaban J connectivity index is 1.79. The minimum atomic E-state index is -0.301. The molecule has 2 aromatic rings. The van der Waals surface area contributed by atoms with Gasteiger partial charge in [-0.2, -0.15) is 4.98 Å². The summed E-state index contributed by atoms with van der Waals surface area (Å²) >= 11 is 0. The van der Waals surface area contributed by atoms with E-state index < -0.39 is 0 Å². The van der Waals surface area contributed by atoms with Crippen molar-refractivity contribution in [2.24, 2.45) is 5.92 Å². The van der Waals surface area contributed by atoms with E-state index in [4.69, 9.17) is 9.26 Å². The van der Waals surface area contributed by atoms with Gasteiger partial charge in [-0.05, 0) is 37.8 Å². The van der Waals surface area contributed by atoms with Gasteiger partial charge in [-0.15, -0.1) is 0 Å². The molecule has 1 fully saturated rings. The van der Waals surface area contributed by atoms with Crippen molar-refractivity contribution in [1.29, 1.82) is 0 Å². The summed E-state index contributed by atoms with van der Waals surface area (Å²) in [6.07, 6.45) is 5.50. The topological polar surface area (TPSA) is 82.2 Å². The lowest BCUT2D eigenvalue weighted by Gasteiger charge is -2.29. The molecule has 1 N–H and O–H groups in total. The maximum Gasteiger partial charge on any atom is 0.249 e. The van der Waals surface area contributed by atoms with E-state index in [0.29, 0.717) is 24.9 Å². The summed E-state index contributed by atoms with van der Waals surface area (Å²) in [6.45, 7) is 7.30. The first-order valence-corrected chi connectivity index (χ1v) is 8.90. The Kier molecular flexibility index (Phi) is 5.53. The molecule has 0 radical (unpaired) electrons. The van der Waals surface area contributed by atoms with Crippen molar-refractivity contribution in [3.63, 3.8) is 0 Å². The van der Waals surface area contributed by atoms with Crippen molar-refractivity contribution in [2.45, 2.75) is 51.6 Å². The van der Waals surface area contributed by atoms with Gasteiger partial charge in [-0.25, -0.2) is 0 Å². The van der Waals surface area contributed by atoms with E-state index in [0.717, 1.165) is 12.8 Å². The highest BCUT2D eigenvalue weighted by Crippen LogP contribution is 2.30. The van der Waals surface area contributed by atoms with E-state index in [1.54, 1.807) is 0 Å². The predicted molar refractivity (Wildman–Crippen MR) is 92.0 cm³/mol. The van der Waals surface area contributed by atoms with Crippen LogP contribution in [0.5, 0.6) is 0 Å². The van der Waals surface area contributed by atoms with E-state index >= 15 is 0 Å². The minimum Gasteiger partial charge on any atom is -0.381 e. The Bertz CT molecular complexity index is 674. The summed E-state index contributed by atoms with van der Waals surface area (Å²) in [6, 6.07) is 3.23. The average molecular weight is 346 g/mol. The third-order valence-electron chi connectivity index (χ3n) is 4.73. The normalized spacial score (nSPS) is 18.2. The number of nitrogens with one attached hydrogen (secondary N) is 1. The van der Waals surface area contributed by atoms with Crippen LogP contribution < -0.4 is 5.32 Å². The van der Waals surface area contributed by atoms with Crippen LogP contribution in [-0.2, 0) is 9.53 Å². The molecule has 7 heteroatoms. The molecule has 7 nitrogen and oxygen atoms in total. The highest BCUT2D eigenvalue weighted by atomic mass is 16.5. The highest BCUT2D eigenvalue weighted by Gasteiger charge is 2.32. The van der Waals surface area contributed by atoms with E-state index in [1.807, 2.05) is 49.9 Å². The molecule has 2 aromatic heterocycles. The number of nitrogens with zero attached hydrogens (tertiary/aromatic N) is 3. The molecule has 1 saturated heterocycles. The van der Waals surface area contributed by atoms with Crippen LogP contribution in [0.3, 0.4) is 0 Å². The van der Waals surface area contributed by atoms with Crippen molar-refractivity contribution >= 4 is 5.91 Å². The molecule has 2 atom stereocenters. The second-order valence-corrected chi connectivity index (χ2v) is 6.89. The molecule has 1 amide bonds. The third-order valence-corrected chi connectivity index (χ3v) is 4.73. The molecule has 0 aromatic carbocycles. The summed E-state index contributed by atoms with van der Waals surface area (Å²) in [5.41, 5.74) is 0. The molecule has 136 valence electrons. The lowest BCUT2D eigenvalue weighted by molar-refractivity contribution is -0.125. The van der Waals surface area contributed by atoms with Gasteiger partial charge < -0.3 is 19.1 Å². The van der Waals surface area contributed by atoms with Gasteiger partial charge in [0.15, 0.2) is 5.82 Å². The summed E-state index contributed by atoms with van der Waals surface area (Å²) in [4.78, 5) is 17.3. The van der Waals surface area contributed by atoms with Gasteiger partial charge in [-0.3, -0.25) is 4.79 Å². The predicted octanol–water partition coefficient (Wildman–Crippen LogP) is 2.84. The van der Waals surface area contributed by atoms with Crippen molar-refractivity contribution in [2.75, 3.05) is 13.2 Å². The highest BCUT2D eigenvalue weighted by molar-refractivity contribution is 5.80. The number of ether oxygens (including phenoxy) is 1. The van der Waals surface area contributed by atoms with E-state index in [1.165, 1.54) is 0 Å². The molecule has 1 aliphatic heterocycles. The fraction of sp³-hybridized carbons (Fsp3) is 0.611. The lowest BCUT2D eigenvalue weighted by atomic mass is 9.91. The number of rotatable bonds is 6. The maximum atomic E-state index is 12.8. The molecular weight excluding hydrogens is 320 g/mol. The number of hydrogen-bond acceptors (Lipinski definition) is 5. The fourth-order valence-corrected chi connectivity index (χ4v) is 3.05. The molecule has 0 spiro atoms. The minimum absolute atomic E-state index is 0.0583. The molecule has 0 unspecified atom stereocenters.